The predicted octanol–water partition coefficient (Wildman–Crippen LogP) is 8.17. The van der Waals surface area contributed by atoms with Crippen molar-refractivity contribution < 1.29 is 41.8 Å². The van der Waals surface area contributed by atoms with E-state index in [1.807, 2.05) is 0 Å². The van der Waals surface area contributed by atoms with Crippen LogP contribution in [-0.4, -0.2) is 48.2 Å². The molecule has 13 nitrogen and oxygen atoms in total. The predicted molar refractivity (Wildman–Crippen MR) is 169 cm³/mol. The van der Waals surface area contributed by atoms with Gasteiger partial charge >= 0.3 is 6.18 Å². The molecular weight excluding hydrogens is 627 g/mol. The Bertz CT molecular complexity index is 1480. The first-order chi connectivity index (χ1) is 22.1. The van der Waals surface area contributed by atoms with E-state index in [0.717, 1.165) is 18.5 Å². The Kier molecular flexibility index (Phi) is 13.5. The lowest BCUT2D eigenvalue weighted by Crippen LogP contribution is -2.27. The number of methoxy groups -OCH3 is 2. The highest BCUT2D eigenvalue weighted by molar-refractivity contribution is 6.07. The van der Waals surface area contributed by atoms with E-state index in [0.29, 0.717) is 47.9 Å². The summed E-state index contributed by atoms with van der Waals surface area (Å²) in [5, 5.41) is 29.2. The summed E-state index contributed by atoms with van der Waals surface area (Å²) in [6, 6.07) is 7.63. The average molecular weight is 668 g/mol. The summed E-state index contributed by atoms with van der Waals surface area (Å²) in [7, 11) is 3.01. The maximum Gasteiger partial charge on any atom is 0.416 e. The summed E-state index contributed by atoms with van der Waals surface area (Å²) >= 11 is 0. The number of nitrogens with one attached hydrogen (secondary N) is 1. The van der Waals surface area contributed by atoms with Crippen LogP contribution in [0.3, 0.4) is 0 Å². The standard InChI is InChI=1S/C18H24N2O4.C13H16F3N3O4/c1-6-18(3,7-2)14-11-15(24-20-14)19-17(21)16-12(22-4)9-8-10-13(16)23-5;1-3-5-17(6-4-2)12-10(18(20)21)7-9(13(14,15)16)8-11(12)19(22)23/h8-11H,6-7H2,1-5H3,(H,19,21);7-8H,3-6H2,1-2H3. The van der Waals surface area contributed by atoms with Gasteiger partial charge in [0, 0.05) is 36.7 Å². The number of amides is 1. The molecule has 0 saturated heterocycles. The van der Waals surface area contributed by atoms with Crippen molar-refractivity contribution in [3.63, 3.8) is 0 Å². The number of halogens is 3. The van der Waals surface area contributed by atoms with E-state index in [2.05, 4.69) is 31.2 Å². The van der Waals surface area contributed by atoms with Gasteiger partial charge in [-0.15, -0.1) is 0 Å². The van der Waals surface area contributed by atoms with Crippen LogP contribution in [0.4, 0.5) is 36.1 Å². The zero-order valence-electron chi connectivity index (χ0n) is 27.4. The first kappa shape index (κ1) is 38.3. The number of hydrogen-bond donors (Lipinski definition) is 1. The largest absolute Gasteiger partial charge is 0.496 e. The third kappa shape index (κ3) is 9.33. The van der Waals surface area contributed by atoms with E-state index in [-0.39, 0.29) is 30.1 Å². The zero-order valence-corrected chi connectivity index (χ0v) is 27.4. The molecule has 1 amide bonds. The van der Waals surface area contributed by atoms with Gasteiger partial charge in [-0.05, 0) is 37.8 Å². The van der Waals surface area contributed by atoms with Gasteiger partial charge < -0.3 is 18.9 Å². The number of alkyl halides is 3. The quantitative estimate of drug-likeness (QED) is 0.131. The second-order valence-electron chi connectivity index (χ2n) is 10.7. The molecule has 0 saturated carbocycles. The van der Waals surface area contributed by atoms with Crippen LogP contribution in [0.5, 0.6) is 11.5 Å². The van der Waals surface area contributed by atoms with Crippen LogP contribution in [0.2, 0.25) is 0 Å². The molecule has 1 aromatic heterocycles. The van der Waals surface area contributed by atoms with Crippen molar-refractivity contribution in [3.05, 3.63) is 73.4 Å². The Morgan fingerprint density at radius 1 is 0.936 bits per heavy atom. The molecule has 47 heavy (non-hydrogen) atoms. The van der Waals surface area contributed by atoms with Crippen molar-refractivity contribution >= 4 is 28.9 Å². The normalized spacial score (nSPS) is 11.3. The summed E-state index contributed by atoms with van der Waals surface area (Å²) in [4.78, 5) is 34.3. The van der Waals surface area contributed by atoms with E-state index < -0.39 is 33.0 Å². The average Bonchev–Trinajstić information content (AvgIpc) is 3.51. The molecule has 0 spiro atoms. The van der Waals surface area contributed by atoms with E-state index in [1.54, 1.807) is 38.1 Å². The molecule has 0 radical (unpaired) electrons. The van der Waals surface area contributed by atoms with Crippen molar-refractivity contribution in [2.45, 2.75) is 71.9 Å². The molecule has 258 valence electrons. The van der Waals surface area contributed by atoms with E-state index >= 15 is 0 Å². The summed E-state index contributed by atoms with van der Waals surface area (Å²) in [6.45, 7) is 10.4. The number of anilines is 2. The minimum atomic E-state index is -4.91. The van der Waals surface area contributed by atoms with Gasteiger partial charge in [0.2, 0.25) is 5.88 Å². The van der Waals surface area contributed by atoms with Crippen LogP contribution in [-0.2, 0) is 11.6 Å². The fourth-order valence-electron chi connectivity index (χ4n) is 4.73. The summed E-state index contributed by atoms with van der Waals surface area (Å²) in [5.74, 6) is 0.787. The highest BCUT2D eigenvalue weighted by Gasteiger charge is 2.39. The lowest BCUT2D eigenvalue weighted by Gasteiger charge is -2.23. The third-order valence-electron chi connectivity index (χ3n) is 7.67. The van der Waals surface area contributed by atoms with Crippen molar-refractivity contribution in [2.75, 3.05) is 37.5 Å². The molecule has 1 N–H and O–H groups in total. The van der Waals surface area contributed by atoms with Gasteiger partial charge in [-0.2, -0.15) is 13.2 Å². The number of nitro benzene ring substituents is 2. The molecule has 0 fully saturated rings. The fraction of sp³-hybridized carbons (Fsp3) is 0.484. The van der Waals surface area contributed by atoms with Crippen LogP contribution < -0.4 is 19.7 Å². The Morgan fingerprint density at radius 2 is 1.43 bits per heavy atom. The summed E-state index contributed by atoms with van der Waals surface area (Å²) in [5.41, 5.74) is -2.54. The molecule has 0 bridgehead atoms. The molecule has 1 heterocycles. The van der Waals surface area contributed by atoms with Crippen molar-refractivity contribution in [1.29, 1.82) is 0 Å². The van der Waals surface area contributed by atoms with E-state index in [9.17, 15) is 38.2 Å². The smallest absolute Gasteiger partial charge is 0.416 e. The number of nitro groups is 2. The number of rotatable bonds is 14. The second kappa shape index (κ2) is 16.6. The van der Waals surface area contributed by atoms with Gasteiger partial charge in [0.15, 0.2) is 5.69 Å². The highest BCUT2D eigenvalue weighted by atomic mass is 19.4. The van der Waals surface area contributed by atoms with Gasteiger partial charge in [-0.25, -0.2) is 0 Å². The Hall–Kier alpha value is -4.89. The number of aromatic nitrogens is 1. The van der Waals surface area contributed by atoms with Crippen LogP contribution in [0.15, 0.2) is 40.9 Å². The minimum absolute atomic E-state index is 0.0748. The van der Waals surface area contributed by atoms with E-state index in [1.165, 1.54) is 19.1 Å². The number of hydrogen-bond acceptors (Lipinski definition) is 10. The topological polar surface area (TPSA) is 163 Å². The molecule has 2 aromatic carbocycles. The molecule has 3 rings (SSSR count). The molecule has 3 aromatic rings. The SMILES string of the molecule is CCC(C)(CC)c1cc(NC(=O)c2c(OC)cccc2OC)on1.CCCN(CCC)c1c([N+](=O)[O-])cc(C(F)(F)F)cc1[N+](=O)[O-]. The Balaban J connectivity index is 0.000000327. The molecule has 0 aliphatic heterocycles. The molecule has 0 atom stereocenters. The summed E-state index contributed by atoms with van der Waals surface area (Å²) < 4.78 is 54.3. The van der Waals surface area contributed by atoms with Crippen LogP contribution in [0.25, 0.3) is 0 Å². The third-order valence-corrected chi connectivity index (χ3v) is 7.67. The second-order valence-corrected chi connectivity index (χ2v) is 10.7. The molecular formula is C31H40F3N5O8. The van der Waals surface area contributed by atoms with Gasteiger partial charge in [-0.1, -0.05) is 45.8 Å². The first-order valence-corrected chi connectivity index (χ1v) is 14.9. The summed E-state index contributed by atoms with van der Waals surface area (Å²) in [6.07, 6.45) is -1.97. The van der Waals surface area contributed by atoms with E-state index in [4.69, 9.17) is 14.0 Å². The van der Waals surface area contributed by atoms with Crippen molar-refractivity contribution in [1.82, 2.24) is 5.16 Å². The van der Waals surface area contributed by atoms with Crippen LogP contribution in [0.1, 0.15) is 81.9 Å². The number of carbonyl (C=O) groups excluding carboxylic acids is 1. The number of benzene rings is 2. The maximum atomic E-state index is 12.8. The van der Waals surface area contributed by atoms with Gasteiger partial charge in [-0.3, -0.25) is 30.3 Å². The molecule has 0 aliphatic carbocycles. The highest BCUT2D eigenvalue weighted by Crippen LogP contribution is 2.43. The Labute approximate surface area is 270 Å². The van der Waals surface area contributed by atoms with Crippen molar-refractivity contribution in [2.24, 2.45) is 0 Å². The van der Waals surface area contributed by atoms with Gasteiger partial charge in [0.1, 0.15) is 17.1 Å². The minimum Gasteiger partial charge on any atom is -0.496 e. The number of carbonyl (C=O) groups is 1. The monoisotopic (exact) mass is 667 g/mol. The lowest BCUT2D eigenvalue weighted by molar-refractivity contribution is -0.393. The molecule has 0 unspecified atom stereocenters. The van der Waals surface area contributed by atoms with Crippen LogP contribution >= 0.6 is 0 Å². The van der Waals surface area contributed by atoms with Crippen molar-refractivity contribution in [3.8, 4) is 11.5 Å². The number of ether oxygens (including phenoxy) is 2. The van der Waals surface area contributed by atoms with Crippen LogP contribution in [0, 0.1) is 20.2 Å². The van der Waals surface area contributed by atoms with Gasteiger partial charge in [0.05, 0.1) is 35.3 Å². The maximum absolute atomic E-state index is 12.8. The molecule has 16 heteroatoms. The zero-order chi connectivity index (χ0) is 35.5. The molecule has 0 aliphatic rings. The first-order valence-electron chi connectivity index (χ1n) is 14.9. The fourth-order valence-corrected chi connectivity index (χ4v) is 4.73. The number of nitrogens with zero attached hydrogens (tertiary/aromatic N) is 4. The van der Waals surface area contributed by atoms with Gasteiger partial charge in [0.25, 0.3) is 17.3 Å². The Morgan fingerprint density at radius 3 is 1.81 bits per heavy atom. The lowest BCUT2D eigenvalue weighted by atomic mass is 9.81.